The molecule has 0 unspecified atom stereocenters. The van der Waals surface area contributed by atoms with Gasteiger partial charge in [-0.25, -0.2) is 0 Å². The second kappa shape index (κ2) is 6.59. The average molecular weight is 306 g/mol. The van der Waals surface area contributed by atoms with Crippen molar-refractivity contribution < 1.29 is 5.21 Å². The maximum absolute atomic E-state index is 10.5. The highest BCUT2D eigenvalue weighted by Gasteiger charge is 2.52. The molecule has 0 aromatic heterocycles. The van der Waals surface area contributed by atoms with Crippen molar-refractivity contribution >= 4 is 23.5 Å². The molecule has 1 N–H and O–H groups in total. The molecule has 2 nitrogen and oxygen atoms in total. The van der Waals surface area contributed by atoms with Crippen molar-refractivity contribution in [2.45, 2.75) is 82.4 Å². The summed E-state index contributed by atoms with van der Waals surface area (Å²) in [5, 5.41) is 12.1. The number of thioether (sulfide) groups is 2. The predicted octanol–water partition coefficient (Wildman–Crippen LogP) is 5.01. The van der Waals surface area contributed by atoms with Crippen LogP contribution in [-0.4, -0.2) is 36.9 Å². The number of hydroxylamine groups is 2. The van der Waals surface area contributed by atoms with Crippen molar-refractivity contribution in [2.75, 3.05) is 11.5 Å². The van der Waals surface area contributed by atoms with Crippen molar-refractivity contribution in [3.8, 4) is 0 Å². The molecule has 0 aromatic rings. The van der Waals surface area contributed by atoms with E-state index >= 15 is 0 Å². The molecule has 0 saturated carbocycles. The van der Waals surface area contributed by atoms with Crippen LogP contribution in [-0.2, 0) is 0 Å². The van der Waals surface area contributed by atoms with Gasteiger partial charge in [-0.3, -0.25) is 0 Å². The van der Waals surface area contributed by atoms with E-state index in [0.717, 1.165) is 12.8 Å². The molecule has 4 heteroatoms. The first-order valence-electron chi connectivity index (χ1n) is 7.46. The molecule has 114 valence electrons. The minimum atomic E-state index is -0.150. The number of hydrogen-bond acceptors (Lipinski definition) is 4. The monoisotopic (exact) mass is 305 g/mol. The SMILES string of the molecule is CCCSC1(SCCC)CC(C)(C)N(O)C(C)(C)C1. The van der Waals surface area contributed by atoms with E-state index in [1.165, 1.54) is 24.3 Å². The maximum atomic E-state index is 10.5. The highest BCUT2D eigenvalue weighted by atomic mass is 32.2. The van der Waals surface area contributed by atoms with Crippen molar-refractivity contribution in [3.63, 3.8) is 0 Å². The number of piperidine rings is 1. The van der Waals surface area contributed by atoms with Gasteiger partial charge < -0.3 is 5.21 Å². The minimum absolute atomic E-state index is 0.150. The molecule has 0 spiro atoms. The summed E-state index contributed by atoms with van der Waals surface area (Å²) in [6.07, 6.45) is 4.55. The Morgan fingerprint density at radius 3 is 1.58 bits per heavy atom. The van der Waals surface area contributed by atoms with Crippen LogP contribution in [0, 0.1) is 0 Å². The summed E-state index contributed by atoms with van der Waals surface area (Å²) >= 11 is 4.23. The summed E-state index contributed by atoms with van der Waals surface area (Å²) in [7, 11) is 0. The van der Waals surface area contributed by atoms with Crippen molar-refractivity contribution in [1.29, 1.82) is 0 Å². The van der Waals surface area contributed by atoms with Crippen molar-refractivity contribution in [3.05, 3.63) is 0 Å². The lowest BCUT2D eigenvalue weighted by Gasteiger charge is -2.56. The summed E-state index contributed by atoms with van der Waals surface area (Å²) in [6.45, 7) is 13.2. The Hall–Kier alpha value is 0.620. The van der Waals surface area contributed by atoms with Gasteiger partial charge in [0.05, 0.1) is 4.08 Å². The predicted molar refractivity (Wildman–Crippen MR) is 89.2 cm³/mol. The largest absolute Gasteiger partial charge is 0.313 e. The van der Waals surface area contributed by atoms with Gasteiger partial charge in [-0.15, -0.1) is 23.5 Å². The molecule has 0 bridgehead atoms. The smallest absolute Gasteiger partial charge is 0.0647 e. The average Bonchev–Trinajstić information content (AvgIpc) is 2.30. The Kier molecular flexibility index (Phi) is 6.13. The Labute approximate surface area is 128 Å². The second-order valence-corrected chi connectivity index (χ2v) is 10.1. The molecule has 1 heterocycles. The first kappa shape index (κ1) is 17.7. The number of nitrogens with zero attached hydrogens (tertiary/aromatic N) is 1. The molecule has 0 atom stereocenters. The fraction of sp³-hybridized carbons (Fsp3) is 1.00. The minimum Gasteiger partial charge on any atom is -0.313 e. The van der Waals surface area contributed by atoms with E-state index < -0.39 is 0 Å². The van der Waals surface area contributed by atoms with Crippen LogP contribution in [0.4, 0.5) is 0 Å². The van der Waals surface area contributed by atoms with E-state index in [0.29, 0.717) is 0 Å². The lowest BCUT2D eigenvalue weighted by atomic mass is 9.81. The molecule has 0 aliphatic carbocycles. The third kappa shape index (κ3) is 4.29. The summed E-state index contributed by atoms with van der Waals surface area (Å²) in [6, 6.07) is 0. The molecule has 0 amide bonds. The molecule has 19 heavy (non-hydrogen) atoms. The maximum Gasteiger partial charge on any atom is 0.0647 e. The first-order chi connectivity index (χ1) is 8.69. The zero-order valence-electron chi connectivity index (χ0n) is 13.5. The zero-order valence-corrected chi connectivity index (χ0v) is 15.1. The van der Waals surface area contributed by atoms with Crippen LogP contribution in [0.3, 0.4) is 0 Å². The van der Waals surface area contributed by atoms with Gasteiger partial charge in [0, 0.05) is 11.1 Å². The van der Waals surface area contributed by atoms with Crippen LogP contribution >= 0.6 is 23.5 Å². The van der Waals surface area contributed by atoms with Gasteiger partial charge in [0.25, 0.3) is 0 Å². The van der Waals surface area contributed by atoms with Gasteiger partial charge >= 0.3 is 0 Å². The lowest BCUT2D eigenvalue weighted by Crippen LogP contribution is -2.62. The van der Waals surface area contributed by atoms with Crippen LogP contribution in [0.2, 0.25) is 0 Å². The fourth-order valence-corrected chi connectivity index (χ4v) is 6.98. The molecule has 1 aliphatic rings. The summed E-state index contributed by atoms with van der Waals surface area (Å²) in [4.78, 5) is 0. The molecule has 1 fully saturated rings. The van der Waals surface area contributed by atoms with Crippen LogP contribution in [0.1, 0.15) is 67.2 Å². The molecule has 0 radical (unpaired) electrons. The summed E-state index contributed by atoms with van der Waals surface area (Å²) in [5.74, 6) is 2.43. The highest BCUT2D eigenvalue weighted by Crippen LogP contribution is 2.54. The third-order valence-corrected chi connectivity index (χ3v) is 7.25. The molecule has 1 saturated heterocycles. The highest BCUT2D eigenvalue weighted by molar-refractivity contribution is 8.18. The van der Waals surface area contributed by atoms with E-state index in [1.807, 2.05) is 0 Å². The Morgan fingerprint density at radius 1 is 0.895 bits per heavy atom. The van der Waals surface area contributed by atoms with Crippen molar-refractivity contribution in [1.82, 2.24) is 5.06 Å². The topological polar surface area (TPSA) is 23.5 Å². The standard InChI is InChI=1S/C15H31NOS2/c1-7-9-18-15(19-10-8-2)11-13(3,4)16(17)14(5,6)12-15/h17H,7-12H2,1-6H3. The molecule has 1 rings (SSSR count). The first-order valence-corrected chi connectivity index (χ1v) is 9.43. The van der Waals surface area contributed by atoms with E-state index in [9.17, 15) is 5.21 Å². The molecule has 0 aromatic carbocycles. The Balaban J connectivity index is 2.95. The van der Waals surface area contributed by atoms with E-state index in [4.69, 9.17) is 0 Å². The number of hydrogen-bond donors (Lipinski definition) is 1. The van der Waals surface area contributed by atoms with Crippen LogP contribution in [0.15, 0.2) is 0 Å². The third-order valence-electron chi connectivity index (χ3n) is 3.69. The fourth-order valence-electron chi connectivity index (χ4n) is 3.17. The van der Waals surface area contributed by atoms with Gasteiger partial charge in [0.2, 0.25) is 0 Å². The quantitative estimate of drug-likeness (QED) is 0.697. The van der Waals surface area contributed by atoms with Crippen LogP contribution < -0.4 is 0 Å². The Morgan fingerprint density at radius 2 is 1.26 bits per heavy atom. The molecule has 1 aliphatic heterocycles. The van der Waals surface area contributed by atoms with Gasteiger partial charge in [-0.2, -0.15) is 5.06 Å². The summed E-state index contributed by atoms with van der Waals surface area (Å²) in [5.41, 5.74) is -0.299. The van der Waals surface area contributed by atoms with E-state index in [2.05, 4.69) is 65.1 Å². The van der Waals surface area contributed by atoms with Crippen molar-refractivity contribution in [2.24, 2.45) is 0 Å². The van der Waals surface area contributed by atoms with Gasteiger partial charge in [0.15, 0.2) is 0 Å². The van der Waals surface area contributed by atoms with Crippen LogP contribution in [0.5, 0.6) is 0 Å². The van der Waals surface area contributed by atoms with E-state index in [1.54, 1.807) is 5.06 Å². The van der Waals surface area contributed by atoms with Crippen LogP contribution in [0.25, 0.3) is 0 Å². The zero-order chi connectivity index (χ0) is 14.7. The van der Waals surface area contributed by atoms with Gasteiger partial charge in [0.1, 0.15) is 0 Å². The van der Waals surface area contributed by atoms with Gasteiger partial charge in [-0.1, -0.05) is 13.8 Å². The number of rotatable bonds is 6. The molecular weight excluding hydrogens is 274 g/mol. The molecular formula is C15H31NOS2. The Bertz CT molecular complexity index is 264. The van der Waals surface area contributed by atoms with Gasteiger partial charge in [-0.05, 0) is 64.9 Å². The normalized spacial score (nSPS) is 25.4. The summed E-state index contributed by atoms with van der Waals surface area (Å²) < 4.78 is 0.262. The second-order valence-electron chi connectivity index (χ2n) is 6.90. The lowest BCUT2D eigenvalue weighted by molar-refractivity contribution is -0.242. The van der Waals surface area contributed by atoms with E-state index in [-0.39, 0.29) is 15.2 Å².